The number of anilines is 1. The topological polar surface area (TPSA) is 29.9 Å². The molecular weight excluding hydrogens is 275 g/mol. The van der Waals surface area contributed by atoms with Gasteiger partial charge in [0, 0.05) is 22.5 Å². The number of benzene rings is 1. The molecule has 0 aliphatic rings. The number of rotatable bonds is 0. The fraction of sp³-hybridized carbons (Fsp3) is 0.100. The number of nitrogens with two attached hydrogens (primary N) is 1. The van der Waals surface area contributed by atoms with Crippen molar-refractivity contribution in [3.8, 4) is 0 Å². The molecule has 0 aliphatic heterocycles. The molecule has 0 bridgehead atoms. The van der Waals surface area contributed by atoms with Gasteiger partial charge in [-0.1, -0.05) is 6.07 Å². The highest BCUT2D eigenvalue weighted by Gasteiger charge is 1.99. The van der Waals surface area contributed by atoms with E-state index in [9.17, 15) is 0 Å². The van der Waals surface area contributed by atoms with Crippen molar-refractivity contribution in [2.75, 3.05) is 5.73 Å². The third-order valence-corrected chi connectivity index (χ3v) is 1.99. The third kappa shape index (κ3) is 1.91. The number of aromatic nitrogens is 1. The van der Waals surface area contributed by atoms with Crippen LogP contribution in [0, 0.1) is 0 Å². The lowest BCUT2D eigenvalue weighted by molar-refractivity contribution is -0.670. The summed E-state index contributed by atoms with van der Waals surface area (Å²) >= 11 is 0. The molecule has 0 amide bonds. The van der Waals surface area contributed by atoms with Gasteiger partial charge in [0.25, 0.3) is 0 Å². The number of pyridine rings is 1. The summed E-state index contributed by atoms with van der Waals surface area (Å²) in [5.74, 6) is 0. The molecule has 0 radical (unpaired) electrons. The van der Waals surface area contributed by atoms with Crippen LogP contribution in [0.15, 0.2) is 36.7 Å². The fourth-order valence-electron chi connectivity index (χ4n) is 1.36. The smallest absolute Gasteiger partial charge is 0.176 e. The van der Waals surface area contributed by atoms with Crippen molar-refractivity contribution in [3.05, 3.63) is 36.7 Å². The van der Waals surface area contributed by atoms with E-state index >= 15 is 0 Å². The second-order valence-corrected chi connectivity index (χ2v) is 2.96. The Labute approximate surface area is 94.4 Å². The summed E-state index contributed by atoms with van der Waals surface area (Å²) in [5.41, 5.74) is 6.64. The Morgan fingerprint density at radius 2 is 2.00 bits per heavy atom. The summed E-state index contributed by atoms with van der Waals surface area (Å²) in [5, 5.41) is 2.30. The Bertz CT molecular complexity index is 426. The van der Waals surface area contributed by atoms with Gasteiger partial charge in [0.15, 0.2) is 12.4 Å². The van der Waals surface area contributed by atoms with Gasteiger partial charge in [-0.25, -0.2) is 4.57 Å². The molecule has 0 unspecified atom stereocenters. The first-order chi connectivity index (χ1) is 5.77. The first-order valence-electron chi connectivity index (χ1n) is 3.91. The lowest BCUT2D eigenvalue weighted by atomic mass is 10.1. The number of halogens is 1. The summed E-state index contributed by atoms with van der Waals surface area (Å²) in [7, 11) is 2.00. The van der Waals surface area contributed by atoms with E-state index in [1.165, 1.54) is 5.39 Å². The quantitative estimate of drug-likeness (QED) is 0.347. The Hall–Kier alpha value is -0.840. The molecule has 2 aromatic rings. The van der Waals surface area contributed by atoms with Crippen LogP contribution in [0.4, 0.5) is 5.69 Å². The first kappa shape index (κ1) is 10.2. The van der Waals surface area contributed by atoms with Crippen LogP contribution in [0.5, 0.6) is 0 Å². The van der Waals surface area contributed by atoms with Crippen LogP contribution >= 0.6 is 0 Å². The van der Waals surface area contributed by atoms with Crippen LogP contribution in [-0.4, -0.2) is 0 Å². The molecule has 1 aromatic heterocycles. The van der Waals surface area contributed by atoms with Crippen LogP contribution in [-0.2, 0) is 7.05 Å². The fourth-order valence-corrected chi connectivity index (χ4v) is 1.36. The van der Waals surface area contributed by atoms with Crippen LogP contribution in [0.3, 0.4) is 0 Å². The SMILES string of the molecule is C[n+]1ccc2c(N)cccc2c1.[I-]. The van der Waals surface area contributed by atoms with E-state index in [2.05, 4.69) is 12.3 Å². The molecule has 68 valence electrons. The third-order valence-electron chi connectivity index (χ3n) is 1.99. The molecule has 2 N–H and O–H groups in total. The number of aryl methyl sites for hydroxylation is 1. The van der Waals surface area contributed by atoms with Crippen LogP contribution in [0.2, 0.25) is 0 Å². The zero-order valence-corrected chi connectivity index (χ0v) is 9.52. The minimum Gasteiger partial charge on any atom is -1.00 e. The highest BCUT2D eigenvalue weighted by atomic mass is 127. The van der Waals surface area contributed by atoms with Crippen molar-refractivity contribution >= 4 is 16.5 Å². The maximum Gasteiger partial charge on any atom is 0.176 e. The molecule has 3 heteroatoms. The van der Waals surface area contributed by atoms with E-state index in [0.29, 0.717) is 0 Å². The van der Waals surface area contributed by atoms with Gasteiger partial charge < -0.3 is 29.7 Å². The maximum atomic E-state index is 5.80. The van der Waals surface area contributed by atoms with Gasteiger partial charge in [0.1, 0.15) is 7.05 Å². The molecule has 0 saturated heterocycles. The predicted octanol–water partition coefficient (Wildman–Crippen LogP) is -1.75. The highest BCUT2D eigenvalue weighted by molar-refractivity contribution is 5.91. The summed E-state index contributed by atoms with van der Waals surface area (Å²) < 4.78 is 2.02. The highest BCUT2D eigenvalue weighted by Crippen LogP contribution is 2.17. The van der Waals surface area contributed by atoms with Crippen molar-refractivity contribution in [1.29, 1.82) is 0 Å². The average molecular weight is 286 g/mol. The van der Waals surface area contributed by atoms with Gasteiger partial charge in [-0.15, -0.1) is 0 Å². The number of nitrogen functional groups attached to an aromatic ring is 1. The van der Waals surface area contributed by atoms with Crippen molar-refractivity contribution in [1.82, 2.24) is 0 Å². The lowest BCUT2D eigenvalue weighted by Gasteiger charge is -1.98. The summed E-state index contributed by atoms with van der Waals surface area (Å²) in [6.07, 6.45) is 4.06. The standard InChI is InChI=1S/C10H11N2.HI/c1-12-6-5-9-8(7-12)3-2-4-10(9)11;/h2-7H,11H2,1H3;1H/q+1;/p-1. The average Bonchev–Trinajstić information content (AvgIpc) is 2.04. The molecule has 0 spiro atoms. The van der Waals surface area contributed by atoms with E-state index in [1.807, 2.05) is 36.0 Å². The van der Waals surface area contributed by atoms with E-state index in [1.54, 1.807) is 0 Å². The summed E-state index contributed by atoms with van der Waals surface area (Å²) in [6, 6.07) is 7.98. The molecule has 0 saturated carbocycles. The molecule has 13 heavy (non-hydrogen) atoms. The van der Waals surface area contributed by atoms with Crippen LogP contribution < -0.4 is 34.3 Å². The number of nitrogens with zero attached hydrogens (tertiary/aromatic N) is 1. The Morgan fingerprint density at radius 3 is 2.77 bits per heavy atom. The molecular formula is C10H11IN2. The summed E-state index contributed by atoms with van der Waals surface area (Å²) in [4.78, 5) is 0. The van der Waals surface area contributed by atoms with E-state index < -0.39 is 0 Å². The van der Waals surface area contributed by atoms with Crippen LogP contribution in [0.25, 0.3) is 10.8 Å². The van der Waals surface area contributed by atoms with Crippen molar-refractivity contribution in [2.24, 2.45) is 7.05 Å². The molecule has 0 atom stereocenters. The largest absolute Gasteiger partial charge is 1.00 e. The van der Waals surface area contributed by atoms with Crippen LogP contribution in [0.1, 0.15) is 0 Å². The Morgan fingerprint density at radius 1 is 1.23 bits per heavy atom. The van der Waals surface area contributed by atoms with Crippen molar-refractivity contribution in [3.63, 3.8) is 0 Å². The minimum atomic E-state index is 0. The molecule has 1 heterocycles. The zero-order valence-electron chi connectivity index (χ0n) is 7.37. The first-order valence-corrected chi connectivity index (χ1v) is 3.91. The molecule has 1 aromatic carbocycles. The number of hydrogen-bond donors (Lipinski definition) is 1. The van der Waals surface area contributed by atoms with E-state index in [4.69, 9.17) is 5.73 Å². The van der Waals surface area contributed by atoms with Crippen molar-refractivity contribution in [2.45, 2.75) is 0 Å². The van der Waals surface area contributed by atoms with Gasteiger partial charge in [-0.3, -0.25) is 0 Å². The number of fused-ring (bicyclic) bond motifs is 1. The second-order valence-electron chi connectivity index (χ2n) is 2.96. The maximum absolute atomic E-state index is 5.80. The Balaban J connectivity index is 0.000000845. The molecule has 2 rings (SSSR count). The Kier molecular flexibility index (Phi) is 3.08. The van der Waals surface area contributed by atoms with E-state index in [0.717, 1.165) is 11.1 Å². The number of hydrogen-bond acceptors (Lipinski definition) is 1. The van der Waals surface area contributed by atoms with Gasteiger partial charge in [0.2, 0.25) is 0 Å². The molecule has 2 nitrogen and oxygen atoms in total. The van der Waals surface area contributed by atoms with Gasteiger partial charge in [-0.2, -0.15) is 0 Å². The molecule has 0 aliphatic carbocycles. The second kappa shape index (κ2) is 3.91. The van der Waals surface area contributed by atoms with Gasteiger partial charge in [0.05, 0.1) is 0 Å². The zero-order chi connectivity index (χ0) is 8.55. The summed E-state index contributed by atoms with van der Waals surface area (Å²) in [6.45, 7) is 0. The molecule has 0 fully saturated rings. The van der Waals surface area contributed by atoms with Gasteiger partial charge >= 0.3 is 0 Å². The van der Waals surface area contributed by atoms with E-state index in [-0.39, 0.29) is 24.0 Å². The van der Waals surface area contributed by atoms with Crippen molar-refractivity contribution < 1.29 is 28.5 Å². The van der Waals surface area contributed by atoms with Gasteiger partial charge in [-0.05, 0) is 12.1 Å². The normalized spacial score (nSPS) is 9.62. The predicted molar refractivity (Wildman–Crippen MR) is 49.5 cm³/mol. The lowest BCUT2D eigenvalue weighted by Crippen LogP contribution is -3.00. The monoisotopic (exact) mass is 286 g/mol. The minimum absolute atomic E-state index is 0.